The molecule has 2 aromatic carbocycles. The van der Waals surface area contributed by atoms with Crippen LogP contribution >= 0.6 is 0 Å². The fraction of sp³-hybridized carbons (Fsp3) is 0.176. The van der Waals surface area contributed by atoms with Crippen LogP contribution < -0.4 is 10.1 Å². The van der Waals surface area contributed by atoms with Crippen LogP contribution in [0.4, 0.5) is 5.69 Å². The van der Waals surface area contributed by atoms with E-state index in [0.717, 1.165) is 5.56 Å². The third-order valence-corrected chi connectivity index (χ3v) is 3.26. The van der Waals surface area contributed by atoms with E-state index in [1.165, 1.54) is 31.4 Å². The Hall–Kier alpha value is -3.42. The Morgan fingerprint density at radius 3 is 2.52 bits per heavy atom. The summed E-state index contributed by atoms with van der Waals surface area (Å²) in [4.78, 5) is 33.3. The summed E-state index contributed by atoms with van der Waals surface area (Å²) < 4.78 is 9.84. The first-order valence-electron chi connectivity index (χ1n) is 7.31. The zero-order valence-electron chi connectivity index (χ0n) is 13.4. The van der Waals surface area contributed by atoms with Crippen molar-refractivity contribution >= 4 is 17.6 Å². The molecule has 0 heterocycles. The van der Waals surface area contributed by atoms with Crippen LogP contribution in [0.15, 0.2) is 48.5 Å². The highest BCUT2D eigenvalue weighted by Crippen LogP contribution is 2.18. The maximum Gasteiger partial charge on any atom is 0.337 e. The Balaban J connectivity index is 1.81. The lowest BCUT2D eigenvalue weighted by atomic mass is 10.1. The number of non-ortho nitro benzene ring substituents is 1. The highest BCUT2D eigenvalue weighted by molar-refractivity contribution is 5.89. The van der Waals surface area contributed by atoms with Crippen molar-refractivity contribution in [3.05, 3.63) is 69.8 Å². The van der Waals surface area contributed by atoms with Gasteiger partial charge in [0.15, 0.2) is 6.61 Å². The molecule has 25 heavy (non-hydrogen) atoms. The highest BCUT2D eigenvalue weighted by Gasteiger charge is 2.09. The predicted octanol–water partition coefficient (Wildman–Crippen LogP) is 2.08. The molecule has 2 rings (SSSR count). The molecular formula is C17H16N2O6. The lowest BCUT2D eigenvalue weighted by molar-refractivity contribution is -0.384. The number of nitro benzene ring substituents is 1. The molecule has 130 valence electrons. The van der Waals surface area contributed by atoms with Gasteiger partial charge < -0.3 is 14.8 Å². The molecule has 1 amide bonds. The fourth-order valence-corrected chi connectivity index (χ4v) is 1.96. The van der Waals surface area contributed by atoms with Gasteiger partial charge in [-0.1, -0.05) is 18.2 Å². The number of carbonyl (C=O) groups is 2. The molecule has 0 saturated carbocycles. The average molecular weight is 344 g/mol. The minimum Gasteiger partial charge on any atom is -0.484 e. The van der Waals surface area contributed by atoms with Crippen LogP contribution in [0.3, 0.4) is 0 Å². The number of nitrogens with one attached hydrogen (secondary N) is 1. The molecule has 0 aliphatic rings. The van der Waals surface area contributed by atoms with Crippen molar-refractivity contribution in [3.63, 3.8) is 0 Å². The topological polar surface area (TPSA) is 108 Å². The summed E-state index contributed by atoms with van der Waals surface area (Å²) in [5, 5.41) is 13.3. The van der Waals surface area contributed by atoms with Crippen molar-refractivity contribution in [1.29, 1.82) is 0 Å². The van der Waals surface area contributed by atoms with Crippen molar-refractivity contribution < 1.29 is 24.0 Å². The molecule has 0 radical (unpaired) electrons. The number of benzene rings is 2. The van der Waals surface area contributed by atoms with E-state index in [0.29, 0.717) is 5.56 Å². The van der Waals surface area contributed by atoms with E-state index in [1.54, 1.807) is 24.3 Å². The van der Waals surface area contributed by atoms with E-state index >= 15 is 0 Å². The summed E-state index contributed by atoms with van der Waals surface area (Å²) in [5.41, 5.74) is 1.12. The van der Waals surface area contributed by atoms with Crippen molar-refractivity contribution in [2.45, 2.75) is 6.54 Å². The molecule has 0 aliphatic heterocycles. The number of hydrogen-bond donors (Lipinski definition) is 1. The summed E-state index contributed by atoms with van der Waals surface area (Å²) in [6, 6.07) is 12.2. The van der Waals surface area contributed by atoms with E-state index in [-0.39, 0.29) is 30.5 Å². The molecule has 8 nitrogen and oxygen atoms in total. The van der Waals surface area contributed by atoms with Crippen LogP contribution in [0.2, 0.25) is 0 Å². The Kier molecular flexibility index (Phi) is 6.05. The van der Waals surface area contributed by atoms with Crippen LogP contribution in [-0.2, 0) is 16.1 Å². The number of nitro groups is 1. The third kappa shape index (κ3) is 5.31. The second kappa shape index (κ2) is 8.44. The summed E-state index contributed by atoms with van der Waals surface area (Å²) in [6.45, 7) is -0.00000472. The molecule has 0 unspecified atom stereocenters. The number of nitrogens with zero attached hydrogens (tertiary/aromatic N) is 1. The standard InChI is InChI=1S/C17H16N2O6/c1-24-17(21)13-7-5-12(6-8-13)10-18-16(20)11-25-15-4-2-3-14(9-15)19(22)23/h2-9H,10-11H2,1H3,(H,18,20). The van der Waals surface area contributed by atoms with Crippen molar-refractivity contribution in [2.75, 3.05) is 13.7 Å². The highest BCUT2D eigenvalue weighted by atomic mass is 16.6. The van der Waals surface area contributed by atoms with E-state index in [9.17, 15) is 19.7 Å². The van der Waals surface area contributed by atoms with Gasteiger partial charge in [0, 0.05) is 12.6 Å². The normalized spacial score (nSPS) is 9.96. The summed E-state index contributed by atoms with van der Waals surface area (Å²) in [7, 11) is 1.30. The Morgan fingerprint density at radius 2 is 1.88 bits per heavy atom. The Bertz CT molecular complexity index is 773. The van der Waals surface area contributed by atoms with Crippen LogP contribution in [0.5, 0.6) is 5.75 Å². The Labute approximate surface area is 143 Å². The van der Waals surface area contributed by atoms with Gasteiger partial charge in [0.25, 0.3) is 11.6 Å². The zero-order chi connectivity index (χ0) is 18.2. The number of methoxy groups -OCH3 is 1. The summed E-state index contributed by atoms with van der Waals surface area (Å²) in [5.74, 6) is -0.559. The number of esters is 1. The van der Waals surface area contributed by atoms with Gasteiger partial charge in [-0.25, -0.2) is 4.79 Å². The minimum absolute atomic E-state index is 0.108. The minimum atomic E-state index is -0.537. The van der Waals surface area contributed by atoms with E-state index in [2.05, 4.69) is 10.1 Å². The van der Waals surface area contributed by atoms with Gasteiger partial charge in [0.2, 0.25) is 0 Å². The molecule has 0 saturated heterocycles. The van der Waals surface area contributed by atoms with Crippen LogP contribution in [-0.4, -0.2) is 30.5 Å². The van der Waals surface area contributed by atoms with Gasteiger partial charge in [-0.05, 0) is 23.8 Å². The third-order valence-electron chi connectivity index (χ3n) is 3.26. The van der Waals surface area contributed by atoms with Gasteiger partial charge in [0.1, 0.15) is 5.75 Å². The largest absolute Gasteiger partial charge is 0.484 e. The number of hydrogen-bond acceptors (Lipinski definition) is 6. The maximum absolute atomic E-state index is 11.8. The molecular weight excluding hydrogens is 328 g/mol. The Morgan fingerprint density at radius 1 is 1.16 bits per heavy atom. The first kappa shape index (κ1) is 17.9. The van der Waals surface area contributed by atoms with Crippen LogP contribution in [0, 0.1) is 10.1 Å². The summed E-state index contributed by atoms with van der Waals surface area (Å²) >= 11 is 0. The second-order valence-electron chi connectivity index (χ2n) is 5.01. The predicted molar refractivity (Wildman–Crippen MR) is 88.2 cm³/mol. The number of carbonyl (C=O) groups excluding carboxylic acids is 2. The van der Waals surface area contributed by atoms with E-state index in [1.807, 2.05) is 0 Å². The first-order valence-corrected chi connectivity index (χ1v) is 7.31. The smallest absolute Gasteiger partial charge is 0.337 e. The molecule has 0 aromatic heterocycles. The first-order chi connectivity index (χ1) is 12.0. The SMILES string of the molecule is COC(=O)c1ccc(CNC(=O)COc2cccc([N+](=O)[O-])c2)cc1. The summed E-state index contributed by atoms with van der Waals surface area (Å²) in [6.07, 6.45) is 0. The van der Waals surface area contributed by atoms with Gasteiger partial charge in [-0.15, -0.1) is 0 Å². The van der Waals surface area contributed by atoms with Crippen molar-refractivity contribution in [3.8, 4) is 5.75 Å². The van der Waals surface area contributed by atoms with Crippen LogP contribution in [0.25, 0.3) is 0 Å². The average Bonchev–Trinajstić information content (AvgIpc) is 2.64. The fourth-order valence-electron chi connectivity index (χ4n) is 1.96. The van der Waals surface area contributed by atoms with Gasteiger partial charge in [-0.2, -0.15) is 0 Å². The van der Waals surface area contributed by atoms with Crippen molar-refractivity contribution in [2.24, 2.45) is 0 Å². The van der Waals surface area contributed by atoms with Gasteiger partial charge >= 0.3 is 5.97 Å². The lowest BCUT2D eigenvalue weighted by Gasteiger charge is -2.08. The molecule has 0 aliphatic carbocycles. The van der Waals surface area contributed by atoms with E-state index < -0.39 is 10.9 Å². The maximum atomic E-state index is 11.8. The van der Waals surface area contributed by atoms with E-state index in [4.69, 9.17) is 4.74 Å². The molecule has 2 aromatic rings. The van der Waals surface area contributed by atoms with Gasteiger partial charge in [-0.3, -0.25) is 14.9 Å². The molecule has 8 heteroatoms. The monoisotopic (exact) mass is 344 g/mol. The number of ether oxygens (including phenoxy) is 2. The molecule has 0 atom stereocenters. The lowest BCUT2D eigenvalue weighted by Crippen LogP contribution is -2.28. The molecule has 1 N–H and O–H groups in total. The zero-order valence-corrected chi connectivity index (χ0v) is 13.4. The quantitative estimate of drug-likeness (QED) is 0.468. The molecule has 0 spiro atoms. The number of amides is 1. The second-order valence-corrected chi connectivity index (χ2v) is 5.01. The molecule has 0 bridgehead atoms. The van der Waals surface area contributed by atoms with Gasteiger partial charge in [0.05, 0.1) is 23.7 Å². The molecule has 0 fully saturated rings. The van der Waals surface area contributed by atoms with Crippen molar-refractivity contribution in [1.82, 2.24) is 5.32 Å². The number of rotatable bonds is 7. The van der Waals surface area contributed by atoms with Crippen LogP contribution in [0.1, 0.15) is 15.9 Å².